The van der Waals surface area contributed by atoms with Gasteiger partial charge in [0.25, 0.3) is 5.91 Å². The molecule has 0 aromatic heterocycles. The van der Waals surface area contributed by atoms with Gasteiger partial charge in [0, 0.05) is 25.0 Å². The van der Waals surface area contributed by atoms with Crippen molar-refractivity contribution in [2.45, 2.75) is 45.4 Å². The van der Waals surface area contributed by atoms with Gasteiger partial charge in [0.2, 0.25) is 0 Å². The Morgan fingerprint density at radius 3 is 2.35 bits per heavy atom. The third-order valence-electron chi connectivity index (χ3n) is 5.87. The van der Waals surface area contributed by atoms with Crippen LogP contribution in [0.15, 0.2) is 82.8 Å². The standard InChI is InChI=1S/C28H34N5O6P/c1-21(2)17-24(31-40(38)20-30-28(37)39-19-23-11-7-4-8-12-23)26(34)33(32-15-13-29-14-16-32)25(27(35)36)18-22-9-5-3-6-10-22/h3-15,21,24-25H,16-20H2,1-2H3,(H,30,37)(H,35,36)/t24-,25-/m0/s1. The number of alkyl carbamates (subject to hydrolysis) is 1. The Morgan fingerprint density at radius 2 is 1.77 bits per heavy atom. The minimum Gasteiger partial charge on any atom is -0.611 e. The summed E-state index contributed by atoms with van der Waals surface area (Å²) in [5.41, 5.74) is 1.54. The van der Waals surface area contributed by atoms with E-state index in [0.29, 0.717) is 0 Å². The van der Waals surface area contributed by atoms with Crippen LogP contribution in [-0.2, 0) is 27.4 Å². The van der Waals surface area contributed by atoms with Crippen LogP contribution in [0, 0.1) is 5.92 Å². The zero-order chi connectivity index (χ0) is 28.9. The normalized spacial score (nSPS) is 14.5. The Balaban J connectivity index is 1.78. The molecule has 0 saturated heterocycles. The van der Waals surface area contributed by atoms with Gasteiger partial charge in [0.05, 0.1) is 6.54 Å². The molecular formula is C28H34N5O6P. The molecule has 40 heavy (non-hydrogen) atoms. The number of carbonyl (C=O) groups excluding carboxylic acids is 2. The molecule has 0 spiro atoms. The number of carbonyl (C=O) groups is 3. The van der Waals surface area contributed by atoms with Crippen molar-refractivity contribution in [3.05, 3.63) is 84.2 Å². The van der Waals surface area contributed by atoms with E-state index in [-0.39, 0.29) is 38.2 Å². The van der Waals surface area contributed by atoms with Gasteiger partial charge in [-0.15, -0.1) is 0 Å². The molecule has 0 bridgehead atoms. The van der Waals surface area contributed by atoms with E-state index >= 15 is 0 Å². The summed E-state index contributed by atoms with van der Waals surface area (Å²) in [5, 5.41) is 15.2. The summed E-state index contributed by atoms with van der Waals surface area (Å²) < 4.78 is 9.38. The highest BCUT2D eigenvalue weighted by Crippen LogP contribution is 2.24. The Bertz CT molecular complexity index is 1220. The van der Waals surface area contributed by atoms with Crippen molar-refractivity contribution < 1.29 is 29.1 Å². The van der Waals surface area contributed by atoms with Crippen LogP contribution in [0.5, 0.6) is 0 Å². The number of nitrogens with one attached hydrogen (secondary N) is 1. The zero-order valence-electron chi connectivity index (χ0n) is 22.5. The quantitative estimate of drug-likeness (QED) is 0.352. The van der Waals surface area contributed by atoms with E-state index in [1.54, 1.807) is 30.5 Å². The fourth-order valence-corrected chi connectivity index (χ4v) is 4.85. The summed E-state index contributed by atoms with van der Waals surface area (Å²) in [7, 11) is -2.40. The minimum absolute atomic E-state index is 0.0115. The number of hydrazine groups is 1. The number of carboxylic acid groups (broad SMARTS) is 1. The molecule has 12 heteroatoms. The van der Waals surface area contributed by atoms with Crippen LogP contribution in [0.25, 0.3) is 0 Å². The average Bonchev–Trinajstić information content (AvgIpc) is 2.95. The number of rotatable bonds is 13. The van der Waals surface area contributed by atoms with Gasteiger partial charge in [-0.25, -0.2) is 14.6 Å². The molecule has 1 aliphatic rings. The van der Waals surface area contributed by atoms with Crippen LogP contribution >= 0.6 is 7.94 Å². The SMILES string of the molecule is CC(C)C[C@H](N=[P+]([O-])CNC(=O)OCc1ccccc1)C(=O)N([C@@H](Cc1ccccc1)C(=O)O)N1C=CN=CC1. The van der Waals surface area contributed by atoms with E-state index in [9.17, 15) is 24.4 Å². The fraction of sp³-hybridized carbons (Fsp3) is 0.357. The lowest BCUT2D eigenvalue weighted by Crippen LogP contribution is -2.57. The number of nitrogens with zero attached hydrogens (tertiary/aromatic N) is 4. The van der Waals surface area contributed by atoms with Crippen molar-refractivity contribution >= 4 is 32.1 Å². The number of aliphatic carboxylic acids is 1. The maximum Gasteiger partial charge on any atom is 0.410 e. The fourth-order valence-electron chi connectivity index (χ4n) is 4.00. The summed E-state index contributed by atoms with van der Waals surface area (Å²) >= 11 is 0. The maximum absolute atomic E-state index is 14.0. The van der Waals surface area contributed by atoms with E-state index < -0.39 is 38.0 Å². The molecule has 2 aromatic carbocycles. The summed E-state index contributed by atoms with van der Waals surface area (Å²) in [6.07, 6.45) is 3.75. The van der Waals surface area contributed by atoms with Crippen molar-refractivity contribution in [3.8, 4) is 0 Å². The van der Waals surface area contributed by atoms with Crippen LogP contribution < -0.4 is 10.2 Å². The zero-order valence-corrected chi connectivity index (χ0v) is 23.4. The lowest BCUT2D eigenvalue weighted by molar-refractivity contribution is -0.165. The second-order valence-electron chi connectivity index (χ2n) is 9.49. The van der Waals surface area contributed by atoms with Crippen molar-refractivity contribution in [2.24, 2.45) is 15.7 Å². The molecule has 0 radical (unpaired) electrons. The Kier molecular flexibility index (Phi) is 11.8. The number of aliphatic imine (C=N–C) groups is 1. The minimum atomic E-state index is -2.40. The molecule has 0 fully saturated rings. The average molecular weight is 568 g/mol. The molecule has 1 unspecified atom stereocenters. The van der Waals surface area contributed by atoms with Gasteiger partial charge in [-0.05, 0) is 23.5 Å². The Morgan fingerprint density at radius 1 is 1.12 bits per heavy atom. The number of benzene rings is 2. The molecule has 2 N–H and O–H groups in total. The van der Waals surface area contributed by atoms with Crippen molar-refractivity contribution in [3.63, 3.8) is 0 Å². The van der Waals surface area contributed by atoms with Crippen molar-refractivity contribution in [1.29, 1.82) is 0 Å². The molecule has 3 rings (SSSR count). The predicted octanol–water partition coefficient (Wildman–Crippen LogP) is 3.52. The molecule has 11 nitrogen and oxygen atoms in total. The monoisotopic (exact) mass is 567 g/mol. The maximum atomic E-state index is 14.0. The van der Waals surface area contributed by atoms with Gasteiger partial charge in [-0.1, -0.05) is 79.3 Å². The highest BCUT2D eigenvalue weighted by atomic mass is 31.1. The summed E-state index contributed by atoms with van der Waals surface area (Å²) in [5.74, 6) is -1.81. The van der Waals surface area contributed by atoms with Crippen LogP contribution in [-0.4, -0.2) is 64.2 Å². The Labute approximate surface area is 234 Å². The van der Waals surface area contributed by atoms with Gasteiger partial charge in [0.1, 0.15) is 6.61 Å². The van der Waals surface area contributed by atoms with Gasteiger partial charge in [-0.2, -0.15) is 0 Å². The van der Waals surface area contributed by atoms with Crippen LogP contribution in [0.1, 0.15) is 31.4 Å². The van der Waals surface area contributed by atoms with Gasteiger partial charge in [-0.3, -0.25) is 20.1 Å². The third kappa shape index (κ3) is 9.59. The number of carboxylic acids is 1. The molecular weight excluding hydrogens is 533 g/mol. The van der Waals surface area contributed by atoms with Crippen LogP contribution in [0.2, 0.25) is 0 Å². The van der Waals surface area contributed by atoms with Crippen molar-refractivity contribution in [2.75, 3.05) is 12.8 Å². The molecule has 0 aliphatic carbocycles. The molecule has 1 heterocycles. The first-order chi connectivity index (χ1) is 19.2. The topological polar surface area (TPSA) is 147 Å². The van der Waals surface area contributed by atoms with E-state index in [0.717, 1.165) is 16.1 Å². The summed E-state index contributed by atoms with van der Waals surface area (Å²) in [6.45, 7) is 4.00. The highest BCUT2D eigenvalue weighted by molar-refractivity contribution is 7.39. The predicted molar refractivity (Wildman–Crippen MR) is 150 cm³/mol. The third-order valence-corrected chi connectivity index (χ3v) is 6.84. The molecule has 212 valence electrons. The lowest BCUT2D eigenvalue weighted by atomic mass is 10.0. The number of amides is 2. The number of hydrogen-bond donors (Lipinski definition) is 2. The van der Waals surface area contributed by atoms with E-state index in [2.05, 4.69) is 15.1 Å². The summed E-state index contributed by atoms with van der Waals surface area (Å²) in [6, 6.07) is 15.8. The summed E-state index contributed by atoms with van der Waals surface area (Å²) in [4.78, 5) is 55.4. The van der Waals surface area contributed by atoms with Gasteiger partial charge < -0.3 is 14.7 Å². The molecule has 3 atom stereocenters. The molecule has 0 saturated carbocycles. The first-order valence-corrected chi connectivity index (χ1v) is 14.3. The number of hydrogen-bond acceptors (Lipinski definition) is 8. The van der Waals surface area contributed by atoms with E-state index in [1.165, 1.54) is 17.4 Å². The van der Waals surface area contributed by atoms with Crippen LogP contribution in [0.3, 0.4) is 0 Å². The lowest BCUT2D eigenvalue weighted by Gasteiger charge is -2.39. The van der Waals surface area contributed by atoms with Gasteiger partial charge in [0.15, 0.2) is 26.3 Å². The second-order valence-corrected chi connectivity index (χ2v) is 10.7. The highest BCUT2D eigenvalue weighted by Gasteiger charge is 2.38. The molecule has 2 amide bonds. The van der Waals surface area contributed by atoms with Gasteiger partial charge >= 0.3 is 12.1 Å². The molecule has 1 aliphatic heterocycles. The van der Waals surface area contributed by atoms with Crippen LogP contribution in [0.4, 0.5) is 4.79 Å². The first-order valence-electron chi connectivity index (χ1n) is 12.9. The number of ether oxygens (including phenoxy) is 1. The smallest absolute Gasteiger partial charge is 0.410 e. The van der Waals surface area contributed by atoms with E-state index in [4.69, 9.17) is 4.74 Å². The van der Waals surface area contributed by atoms with E-state index in [1.807, 2.05) is 50.2 Å². The first kappa shape index (κ1) is 30.5. The second kappa shape index (κ2) is 15.5. The van der Waals surface area contributed by atoms with Crippen molar-refractivity contribution in [1.82, 2.24) is 15.3 Å². The Hall–Kier alpha value is -4.08. The largest absolute Gasteiger partial charge is 0.611 e. The molecule has 2 aromatic rings.